The van der Waals surface area contributed by atoms with E-state index in [1.54, 1.807) is 14.2 Å². The lowest BCUT2D eigenvalue weighted by molar-refractivity contribution is -0.138. The van der Waals surface area contributed by atoms with Crippen molar-refractivity contribution < 1.29 is 14.3 Å². The monoisotopic (exact) mass is 332 g/mol. The quantitative estimate of drug-likeness (QED) is 0.790. The van der Waals surface area contributed by atoms with E-state index in [2.05, 4.69) is 9.80 Å². The Balaban J connectivity index is 1.68. The number of piperidine rings is 1. The number of likely N-dealkylation sites (tertiary alicyclic amines) is 2. The molecule has 0 saturated carbocycles. The third-order valence-electron chi connectivity index (χ3n) is 5.37. The molecule has 0 spiro atoms. The Morgan fingerprint density at radius 1 is 1.21 bits per heavy atom. The second kappa shape index (κ2) is 8.10. The van der Waals surface area contributed by atoms with Crippen LogP contribution in [0.1, 0.15) is 12.0 Å². The van der Waals surface area contributed by atoms with Crippen molar-refractivity contribution in [3.05, 3.63) is 35.9 Å². The molecule has 1 aromatic carbocycles. The standard InChI is InChI=1S/C19H28N2O3/c1-23-11-10-20-13-16-17(14-20)21(9-8-18(16)24-2)19(22)12-15-6-4-3-5-7-15/h3-7,16-18H,8-14H2,1-2H3/t16-,17+,18-/m0/s1. The molecule has 0 aliphatic carbocycles. The summed E-state index contributed by atoms with van der Waals surface area (Å²) in [6.45, 7) is 4.36. The molecule has 5 nitrogen and oxygen atoms in total. The number of ether oxygens (including phenoxy) is 2. The van der Waals surface area contributed by atoms with Gasteiger partial charge in [0, 0.05) is 46.3 Å². The SMILES string of the molecule is COCCN1C[C@@H]2[C@@H](OC)CCN(C(=O)Cc3ccccc3)[C@@H]2C1. The second-order valence-electron chi connectivity index (χ2n) is 6.80. The molecule has 2 saturated heterocycles. The number of hydrogen-bond donors (Lipinski definition) is 0. The molecule has 0 aromatic heterocycles. The number of hydrogen-bond acceptors (Lipinski definition) is 4. The van der Waals surface area contributed by atoms with Gasteiger partial charge >= 0.3 is 0 Å². The highest BCUT2D eigenvalue weighted by atomic mass is 16.5. The highest BCUT2D eigenvalue weighted by molar-refractivity contribution is 5.79. The predicted octanol–water partition coefficient (Wildman–Crippen LogP) is 1.42. The first-order valence-corrected chi connectivity index (χ1v) is 8.80. The minimum Gasteiger partial charge on any atom is -0.383 e. The van der Waals surface area contributed by atoms with E-state index >= 15 is 0 Å². The van der Waals surface area contributed by atoms with Gasteiger partial charge in [0.05, 0.1) is 25.2 Å². The van der Waals surface area contributed by atoms with Gasteiger partial charge in [-0.25, -0.2) is 0 Å². The number of benzene rings is 1. The van der Waals surface area contributed by atoms with Gasteiger partial charge in [0.2, 0.25) is 5.91 Å². The Morgan fingerprint density at radius 2 is 2.00 bits per heavy atom. The summed E-state index contributed by atoms with van der Waals surface area (Å²) in [5.41, 5.74) is 1.09. The highest BCUT2D eigenvalue weighted by Crippen LogP contribution is 2.32. The van der Waals surface area contributed by atoms with Crippen LogP contribution in [0.2, 0.25) is 0 Å². The molecule has 132 valence electrons. The van der Waals surface area contributed by atoms with Crippen molar-refractivity contribution in [3.8, 4) is 0 Å². The number of rotatable bonds is 6. The average molecular weight is 332 g/mol. The normalized spacial score (nSPS) is 27.2. The molecule has 1 aromatic rings. The van der Waals surface area contributed by atoms with Crippen LogP contribution in [0.5, 0.6) is 0 Å². The van der Waals surface area contributed by atoms with E-state index in [0.717, 1.165) is 44.8 Å². The van der Waals surface area contributed by atoms with Gasteiger partial charge in [-0.05, 0) is 12.0 Å². The van der Waals surface area contributed by atoms with E-state index in [9.17, 15) is 4.79 Å². The molecular weight excluding hydrogens is 304 g/mol. The molecule has 2 heterocycles. The van der Waals surface area contributed by atoms with E-state index < -0.39 is 0 Å². The molecule has 2 aliphatic heterocycles. The third kappa shape index (κ3) is 3.79. The molecule has 2 fully saturated rings. The van der Waals surface area contributed by atoms with Crippen LogP contribution in [0.3, 0.4) is 0 Å². The van der Waals surface area contributed by atoms with Crippen LogP contribution in [0.25, 0.3) is 0 Å². The first kappa shape index (κ1) is 17.4. The minimum absolute atomic E-state index is 0.236. The van der Waals surface area contributed by atoms with Gasteiger partial charge in [0.25, 0.3) is 0 Å². The fourth-order valence-electron chi connectivity index (χ4n) is 4.11. The number of methoxy groups -OCH3 is 2. The smallest absolute Gasteiger partial charge is 0.227 e. The lowest BCUT2D eigenvalue weighted by Crippen LogP contribution is -2.54. The Hall–Kier alpha value is -1.43. The molecule has 0 unspecified atom stereocenters. The van der Waals surface area contributed by atoms with Gasteiger partial charge in [-0.1, -0.05) is 30.3 Å². The predicted molar refractivity (Wildman–Crippen MR) is 92.9 cm³/mol. The maximum Gasteiger partial charge on any atom is 0.227 e. The summed E-state index contributed by atoms with van der Waals surface area (Å²) in [4.78, 5) is 17.4. The molecule has 3 atom stereocenters. The maximum absolute atomic E-state index is 12.9. The molecule has 3 rings (SSSR count). The maximum atomic E-state index is 12.9. The van der Waals surface area contributed by atoms with Gasteiger partial charge in [-0.2, -0.15) is 0 Å². The van der Waals surface area contributed by atoms with Crippen LogP contribution in [0.4, 0.5) is 0 Å². The number of amides is 1. The van der Waals surface area contributed by atoms with Crippen molar-refractivity contribution >= 4 is 5.91 Å². The van der Waals surface area contributed by atoms with E-state index in [1.807, 2.05) is 30.3 Å². The molecule has 0 bridgehead atoms. The molecule has 24 heavy (non-hydrogen) atoms. The van der Waals surface area contributed by atoms with Crippen LogP contribution >= 0.6 is 0 Å². The molecule has 1 amide bonds. The van der Waals surface area contributed by atoms with Gasteiger partial charge in [0.15, 0.2) is 0 Å². The van der Waals surface area contributed by atoms with Crippen LogP contribution in [0, 0.1) is 5.92 Å². The van der Waals surface area contributed by atoms with Crippen molar-refractivity contribution in [2.75, 3.05) is 47.0 Å². The van der Waals surface area contributed by atoms with E-state index in [1.165, 1.54) is 0 Å². The zero-order chi connectivity index (χ0) is 16.9. The summed E-state index contributed by atoms with van der Waals surface area (Å²) in [6, 6.07) is 10.3. The fourth-order valence-corrected chi connectivity index (χ4v) is 4.11. The lowest BCUT2D eigenvalue weighted by Gasteiger charge is -2.41. The summed E-state index contributed by atoms with van der Waals surface area (Å²) in [7, 11) is 3.53. The first-order valence-electron chi connectivity index (χ1n) is 8.80. The Kier molecular flexibility index (Phi) is 5.87. The van der Waals surface area contributed by atoms with Crippen molar-refractivity contribution in [3.63, 3.8) is 0 Å². The first-order chi connectivity index (χ1) is 11.7. The topological polar surface area (TPSA) is 42.0 Å². The lowest BCUT2D eigenvalue weighted by atomic mass is 9.88. The largest absolute Gasteiger partial charge is 0.383 e. The summed E-state index contributed by atoms with van der Waals surface area (Å²) in [5.74, 6) is 0.639. The van der Waals surface area contributed by atoms with E-state index in [4.69, 9.17) is 9.47 Å². The van der Waals surface area contributed by atoms with Crippen molar-refractivity contribution in [1.29, 1.82) is 0 Å². The summed E-state index contributed by atoms with van der Waals surface area (Å²) in [5, 5.41) is 0. The minimum atomic E-state index is 0.236. The van der Waals surface area contributed by atoms with Crippen molar-refractivity contribution in [2.45, 2.75) is 25.0 Å². The number of fused-ring (bicyclic) bond motifs is 1. The summed E-state index contributed by atoms with van der Waals surface area (Å²) < 4.78 is 10.9. The number of nitrogens with zero attached hydrogens (tertiary/aromatic N) is 2. The van der Waals surface area contributed by atoms with Crippen LogP contribution in [-0.4, -0.2) is 74.9 Å². The zero-order valence-corrected chi connectivity index (χ0v) is 14.7. The van der Waals surface area contributed by atoms with Crippen LogP contribution in [-0.2, 0) is 20.7 Å². The molecule has 5 heteroatoms. The van der Waals surface area contributed by atoms with Crippen LogP contribution in [0.15, 0.2) is 30.3 Å². The van der Waals surface area contributed by atoms with Gasteiger partial charge in [-0.15, -0.1) is 0 Å². The Labute approximate surface area is 144 Å². The third-order valence-corrected chi connectivity index (χ3v) is 5.37. The average Bonchev–Trinajstić information content (AvgIpc) is 3.03. The zero-order valence-electron chi connectivity index (χ0n) is 14.7. The van der Waals surface area contributed by atoms with E-state index in [-0.39, 0.29) is 18.1 Å². The second-order valence-corrected chi connectivity index (χ2v) is 6.80. The van der Waals surface area contributed by atoms with Crippen molar-refractivity contribution in [2.24, 2.45) is 5.92 Å². The summed E-state index contributed by atoms with van der Waals surface area (Å²) in [6.07, 6.45) is 1.67. The molecular formula is C19H28N2O3. The van der Waals surface area contributed by atoms with Gasteiger partial charge in [-0.3, -0.25) is 9.69 Å². The Bertz CT molecular complexity index is 537. The highest BCUT2D eigenvalue weighted by Gasteiger charge is 2.45. The van der Waals surface area contributed by atoms with Crippen molar-refractivity contribution in [1.82, 2.24) is 9.80 Å². The molecule has 2 aliphatic rings. The van der Waals surface area contributed by atoms with E-state index in [0.29, 0.717) is 12.3 Å². The van der Waals surface area contributed by atoms with Crippen LogP contribution < -0.4 is 0 Å². The number of carbonyl (C=O) groups is 1. The van der Waals surface area contributed by atoms with Gasteiger partial charge in [0.1, 0.15) is 0 Å². The molecule has 0 N–H and O–H groups in total. The number of carbonyl (C=O) groups excluding carboxylic acids is 1. The summed E-state index contributed by atoms with van der Waals surface area (Å²) >= 11 is 0. The fraction of sp³-hybridized carbons (Fsp3) is 0.632. The Morgan fingerprint density at radius 3 is 2.71 bits per heavy atom. The molecule has 0 radical (unpaired) electrons. The van der Waals surface area contributed by atoms with Gasteiger partial charge < -0.3 is 14.4 Å².